The Morgan fingerprint density at radius 2 is 2.14 bits per heavy atom. The van der Waals surface area contributed by atoms with E-state index in [0.717, 1.165) is 16.9 Å². The Hall–Kier alpha value is -1.55. The van der Waals surface area contributed by atoms with Gasteiger partial charge in [-0.3, -0.25) is 0 Å². The fourth-order valence-electron chi connectivity index (χ4n) is 1.47. The molecule has 0 fully saturated rings. The van der Waals surface area contributed by atoms with Crippen molar-refractivity contribution in [3.8, 4) is 0 Å². The number of nitroso groups, excluding NO2 is 1. The predicted molar refractivity (Wildman–Crippen MR) is 55.1 cm³/mol. The lowest BCUT2D eigenvalue weighted by molar-refractivity contribution is -0.329. The molecule has 0 radical (unpaired) electrons. The number of nitrogens with zero attached hydrogens (tertiary/aromatic N) is 2. The van der Waals surface area contributed by atoms with E-state index in [1.54, 1.807) is 6.07 Å². The molecule has 72 valence electrons. The van der Waals surface area contributed by atoms with Gasteiger partial charge in [0.25, 0.3) is 0 Å². The third-order valence-electron chi connectivity index (χ3n) is 2.19. The van der Waals surface area contributed by atoms with Crippen molar-refractivity contribution in [3.63, 3.8) is 0 Å². The van der Waals surface area contributed by atoms with Crippen LogP contribution in [0.15, 0.2) is 29.3 Å². The van der Waals surface area contributed by atoms with Crippen LogP contribution in [0.5, 0.6) is 0 Å². The molecule has 0 unspecified atom stereocenters. The summed E-state index contributed by atoms with van der Waals surface area (Å²) in [5.41, 5.74) is 6.78. The van der Waals surface area contributed by atoms with Crippen molar-refractivity contribution in [1.82, 2.24) is 0 Å². The van der Waals surface area contributed by atoms with E-state index in [2.05, 4.69) is 4.99 Å². The second-order valence-corrected chi connectivity index (χ2v) is 3.20. The highest BCUT2D eigenvalue weighted by atomic mass is 16.3. The Kier molecular flexibility index (Phi) is 2.37. The van der Waals surface area contributed by atoms with Gasteiger partial charge in [0.1, 0.15) is 0 Å². The molecule has 0 bridgehead atoms. The summed E-state index contributed by atoms with van der Waals surface area (Å²) in [5, 5.41) is 0. The maximum absolute atomic E-state index is 11.6. The Morgan fingerprint density at radius 3 is 2.86 bits per heavy atom. The molecule has 4 heteroatoms. The molecule has 1 aromatic rings. The number of rotatable bonds is 3. The number of aliphatic imine (C=N–C) groups is 1. The van der Waals surface area contributed by atoms with Crippen LogP contribution >= 0.6 is 0 Å². The number of amidine groups is 1. The minimum absolute atomic E-state index is 0.566. The van der Waals surface area contributed by atoms with Gasteiger partial charge in [0, 0.05) is 4.76 Å². The zero-order valence-corrected chi connectivity index (χ0v) is 7.81. The fourth-order valence-corrected chi connectivity index (χ4v) is 1.47. The van der Waals surface area contributed by atoms with Crippen molar-refractivity contribution in [2.24, 2.45) is 10.7 Å². The fraction of sp³-hybridized carbons (Fsp3) is 0.300. The van der Waals surface area contributed by atoms with Crippen LogP contribution in [-0.2, 0) is 0 Å². The van der Waals surface area contributed by atoms with E-state index in [4.69, 9.17) is 5.73 Å². The van der Waals surface area contributed by atoms with Gasteiger partial charge in [-0.05, 0) is 30.1 Å². The van der Waals surface area contributed by atoms with E-state index >= 15 is 0 Å². The van der Waals surface area contributed by atoms with Gasteiger partial charge >= 0.3 is 5.84 Å². The van der Waals surface area contributed by atoms with Crippen molar-refractivity contribution in [2.75, 3.05) is 6.54 Å². The maximum Gasteiger partial charge on any atom is 0.343 e. The number of para-hydroxylation sites is 2. The van der Waals surface area contributed by atoms with Crippen LogP contribution in [0.3, 0.4) is 0 Å². The van der Waals surface area contributed by atoms with E-state index < -0.39 is 0 Å². The maximum atomic E-state index is 11.6. The topological polar surface area (TPSA) is 58.5 Å². The largest absolute Gasteiger partial charge is 0.343 e. The number of nitrogens with two attached hydrogens (primary N) is 1. The van der Waals surface area contributed by atoms with E-state index in [1.807, 2.05) is 18.2 Å². The summed E-state index contributed by atoms with van der Waals surface area (Å²) in [6, 6.07) is 7.34. The van der Waals surface area contributed by atoms with Crippen LogP contribution in [0.1, 0.15) is 12.8 Å². The lowest BCUT2D eigenvalue weighted by Gasteiger charge is -1.90. The van der Waals surface area contributed by atoms with E-state index in [0.29, 0.717) is 24.5 Å². The molecule has 0 atom stereocenters. The Balaban J connectivity index is 2.24. The molecule has 2 N–H and O–H groups in total. The van der Waals surface area contributed by atoms with Crippen LogP contribution in [0.2, 0.25) is 0 Å². The van der Waals surface area contributed by atoms with Gasteiger partial charge < -0.3 is 5.73 Å². The molecule has 0 aliphatic carbocycles. The molecule has 1 aliphatic heterocycles. The smallest absolute Gasteiger partial charge is 0.330 e. The Morgan fingerprint density at radius 1 is 1.36 bits per heavy atom. The normalized spacial score (nSPS) is 14.1. The van der Waals surface area contributed by atoms with E-state index in [9.17, 15) is 4.91 Å². The molecule has 0 saturated carbocycles. The average molecular weight is 190 g/mol. The van der Waals surface area contributed by atoms with Gasteiger partial charge in [0.05, 0.1) is 6.42 Å². The molecular formula is C10H12N3O+. The summed E-state index contributed by atoms with van der Waals surface area (Å²) in [7, 11) is 0. The first-order valence-corrected chi connectivity index (χ1v) is 4.67. The molecule has 4 nitrogen and oxygen atoms in total. The van der Waals surface area contributed by atoms with Gasteiger partial charge in [-0.25, -0.2) is 0 Å². The summed E-state index contributed by atoms with van der Waals surface area (Å²) >= 11 is 0. The molecular weight excluding hydrogens is 178 g/mol. The van der Waals surface area contributed by atoms with Crippen LogP contribution < -0.4 is 5.73 Å². The van der Waals surface area contributed by atoms with Crippen molar-refractivity contribution in [3.05, 3.63) is 29.2 Å². The van der Waals surface area contributed by atoms with Crippen LogP contribution in [0.4, 0.5) is 11.4 Å². The van der Waals surface area contributed by atoms with Crippen LogP contribution in [0.25, 0.3) is 0 Å². The van der Waals surface area contributed by atoms with Gasteiger partial charge in [0.15, 0.2) is 0 Å². The average Bonchev–Trinajstić information content (AvgIpc) is 2.54. The standard InChI is InChI=1S/C10H12N3O/c11-7-3-6-10-12-8-4-1-2-5-9(8)13(10)14/h1-2,4-5H,3,6-7,11H2/q+1. The van der Waals surface area contributed by atoms with Crippen molar-refractivity contribution in [1.29, 1.82) is 0 Å². The minimum Gasteiger partial charge on any atom is -0.330 e. The molecule has 14 heavy (non-hydrogen) atoms. The van der Waals surface area contributed by atoms with Crippen molar-refractivity contribution >= 4 is 17.2 Å². The summed E-state index contributed by atoms with van der Waals surface area (Å²) < 4.78 is 0.894. The second kappa shape index (κ2) is 3.67. The van der Waals surface area contributed by atoms with E-state index in [-0.39, 0.29) is 0 Å². The molecule has 0 aromatic heterocycles. The van der Waals surface area contributed by atoms with Gasteiger partial charge in [-0.2, -0.15) is 0 Å². The molecule has 2 rings (SSSR count). The molecule has 1 aliphatic rings. The summed E-state index contributed by atoms with van der Waals surface area (Å²) in [4.78, 5) is 15.9. The molecule has 0 saturated heterocycles. The zero-order chi connectivity index (χ0) is 9.97. The minimum atomic E-state index is 0.566. The molecule has 0 spiro atoms. The number of hydrogen-bond acceptors (Lipinski definition) is 3. The van der Waals surface area contributed by atoms with Crippen LogP contribution in [-0.4, -0.2) is 17.1 Å². The lowest BCUT2D eigenvalue weighted by Crippen LogP contribution is -2.11. The summed E-state index contributed by atoms with van der Waals surface area (Å²) in [5.74, 6) is 0.566. The number of hydrogen-bond donors (Lipinski definition) is 1. The highest BCUT2D eigenvalue weighted by Crippen LogP contribution is 2.33. The Labute approximate surface area is 82.0 Å². The Bertz CT molecular complexity index is 398. The van der Waals surface area contributed by atoms with Crippen molar-refractivity contribution < 1.29 is 4.76 Å². The number of fused-ring (bicyclic) bond motifs is 1. The first-order valence-electron chi connectivity index (χ1n) is 4.67. The number of benzene rings is 1. The quantitative estimate of drug-likeness (QED) is 0.740. The van der Waals surface area contributed by atoms with Gasteiger partial charge in [0.2, 0.25) is 11.4 Å². The van der Waals surface area contributed by atoms with Gasteiger partial charge in [-0.1, -0.05) is 17.0 Å². The van der Waals surface area contributed by atoms with E-state index in [1.165, 1.54) is 0 Å². The highest BCUT2D eigenvalue weighted by molar-refractivity contribution is 5.86. The monoisotopic (exact) mass is 190 g/mol. The summed E-state index contributed by atoms with van der Waals surface area (Å²) in [6.07, 6.45) is 1.44. The lowest BCUT2D eigenvalue weighted by atomic mass is 10.3. The van der Waals surface area contributed by atoms with Crippen molar-refractivity contribution in [2.45, 2.75) is 12.8 Å². The first-order chi connectivity index (χ1) is 6.83. The SMILES string of the molecule is NCCCC1=Nc2ccccc2[N+]1=O. The highest BCUT2D eigenvalue weighted by Gasteiger charge is 2.31. The molecule has 0 amide bonds. The first kappa shape index (κ1) is 9.02. The third-order valence-corrected chi connectivity index (χ3v) is 2.19. The zero-order valence-electron chi connectivity index (χ0n) is 7.81. The molecule has 1 aromatic carbocycles. The van der Waals surface area contributed by atoms with Crippen LogP contribution in [0, 0.1) is 4.91 Å². The molecule has 1 heterocycles. The summed E-state index contributed by atoms with van der Waals surface area (Å²) in [6.45, 7) is 0.587. The van der Waals surface area contributed by atoms with Gasteiger partial charge in [-0.15, -0.1) is 0 Å². The third kappa shape index (κ3) is 1.44. The second-order valence-electron chi connectivity index (χ2n) is 3.20. The predicted octanol–water partition coefficient (Wildman–Crippen LogP) is 1.88.